The highest BCUT2D eigenvalue weighted by atomic mass is 35.5. The normalized spacial score (nSPS) is 23.7. The number of carbonyl (C=O) groups is 2. The second kappa shape index (κ2) is 12.3. The number of rotatable bonds is 7. The van der Waals surface area contributed by atoms with Crippen molar-refractivity contribution < 1.29 is 19.4 Å². The number of aliphatic hydroxyl groups is 1. The molecule has 3 fully saturated rings. The highest BCUT2D eigenvalue weighted by molar-refractivity contribution is 6.31. The molecule has 3 heterocycles. The van der Waals surface area contributed by atoms with E-state index >= 15 is 0 Å². The quantitative estimate of drug-likeness (QED) is 0.491. The Morgan fingerprint density at radius 3 is 2.33 bits per heavy atom. The number of piperazine rings is 1. The first-order valence-electron chi connectivity index (χ1n) is 15.0. The number of likely N-dealkylation sites (tertiary alicyclic amines) is 1. The molecule has 1 aromatic carbocycles. The van der Waals surface area contributed by atoms with Crippen LogP contribution in [0, 0.1) is 22.2 Å². The first-order chi connectivity index (χ1) is 20.4. The fraction of sp³-hybridized carbons (Fsp3) is 0.562. The summed E-state index contributed by atoms with van der Waals surface area (Å²) in [5.41, 5.74) is 0.178. The van der Waals surface area contributed by atoms with Gasteiger partial charge in [0.15, 0.2) is 0 Å². The molecule has 43 heavy (non-hydrogen) atoms. The minimum atomic E-state index is -0.358. The average molecular weight is 609 g/mol. The molecule has 2 amide bonds. The van der Waals surface area contributed by atoms with Crippen molar-refractivity contribution in [3.63, 3.8) is 0 Å². The van der Waals surface area contributed by atoms with Crippen molar-refractivity contribution in [3.8, 4) is 11.8 Å². The highest BCUT2D eigenvalue weighted by Crippen LogP contribution is 2.55. The van der Waals surface area contributed by atoms with Gasteiger partial charge >= 0.3 is 0 Å². The van der Waals surface area contributed by atoms with Gasteiger partial charge in [-0.25, -0.2) is 4.98 Å². The maximum absolute atomic E-state index is 13.3. The zero-order valence-corrected chi connectivity index (χ0v) is 26.1. The molecule has 11 heteroatoms. The van der Waals surface area contributed by atoms with Crippen molar-refractivity contribution in [1.82, 2.24) is 20.1 Å². The molecule has 2 saturated heterocycles. The van der Waals surface area contributed by atoms with E-state index in [-0.39, 0.29) is 40.9 Å². The van der Waals surface area contributed by atoms with Gasteiger partial charge in [0.05, 0.1) is 28.8 Å². The van der Waals surface area contributed by atoms with Crippen LogP contribution in [0.3, 0.4) is 0 Å². The summed E-state index contributed by atoms with van der Waals surface area (Å²) in [5.74, 6) is 1.35. The molecule has 0 unspecified atom stereocenters. The molecule has 2 aromatic rings. The minimum Gasteiger partial charge on any atom is -0.489 e. The molecule has 0 bridgehead atoms. The lowest BCUT2D eigenvalue weighted by molar-refractivity contribution is -0.164. The molecule has 1 aromatic heterocycles. The van der Waals surface area contributed by atoms with Gasteiger partial charge in [0, 0.05) is 68.4 Å². The SMILES string of the molecule is CC1(C)C(NC(=O)c2ccc(N3CCN(CC(=O)N4CCC(O)CC4)CC3)nc2)C(C)(C)C1Oc1ccc(C#N)c(Cl)c1. The Hall–Kier alpha value is -3.39. The third kappa shape index (κ3) is 6.44. The third-order valence-corrected chi connectivity index (χ3v) is 9.63. The number of aliphatic hydroxyl groups excluding tert-OH is 1. The number of nitrogens with zero attached hydrogens (tertiary/aromatic N) is 5. The number of hydrogen-bond acceptors (Lipinski definition) is 8. The van der Waals surface area contributed by atoms with Gasteiger partial charge in [0.1, 0.15) is 23.7 Å². The number of piperidine rings is 1. The average Bonchev–Trinajstić information content (AvgIpc) is 2.99. The van der Waals surface area contributed by atoms with Crippen molar-refractivity contribution in [2.24, 2.45) is 10.8 Å². The molecular weight excluding hydrogens is 568 g/mol. The third-order valence-electron chi connectivity index (χ3n) is 9.31. The predicted octanol–water partition coefficient (Wildman–Crippen LogP) is 3.32. The van der Waals surface area contributed by atoms with Gasteiger partial charge in [-0.15, -0.1) is 0 Å². The molecule has 5 rings (SSSR count). The molecule has 1 saturated carbocycles. The van der Waals surface area contributed by atoms with Crippen LogP contribution < -0.4 is 15.0 Å². The summed E-state index contributed by atoms with van der Waals surface area (Å²) in [6.45, 7) is 13.0. The molecule has 10 nitrogen and oxygen atoms in total. The van der Waals surface area contributed by atoms with E-state index in [0.717, 1.165) is 32.0 Å². The lowest BCUT2D eigenvalue weighted by Crippen LogP contribution is -2.74. The number of anilines is 1. The van der Waals surface area contributed by atoms with Gasteiger partial charge in [-0.05, 0) is 37.1 Å². The standard InChI is InChI=1S/C32H41ClN6O4/c1-31(2)29(32(3,4)30(31)43-24-7-5-21(18-34)25(33)17-24)36-28(42)22-6-8-26(35-19-22)38-15-13-37(14-16-38)20-27(41)39-11-9-23(40)10-12-39/h5-8,17,19,23,29-30,40H,9-16,20H2,1-4H3,(H,36,42). The highest BCUT2D eigenvalue weighted by Gasteiger charge is 2.64. The van der Waals surface area contributed by atoms with Gasteiger partial charge in [-0.2, -0.15) is 5.26 Å². The summed E-state index contributed by atoms with van der Waals surface area (Å²) in [6, 6.07) is 10.7. The van der Waals surface area contributed by atoms with E-state index in [1.54, 1.807) is 24.4 Å². The number of carbonyl (C=O) groups excluding carboxylic acids is 2. The van der Waals surface area contributed by atoms with Crippen LogP contribution in [-0.4, -0.2) is 95.8 Å². The summed E-state index contributed by atoms with van der Waals surface area (Å²) in [7, 11) is 0. The van der Waals surface area contributed by atoms with Gasteiger partial charge in [-0.1, -0.05) is 39.3 Å². The number of aromatic nitrogens is 1. The first-order valence-corrected chi connectivity index (χ1v) is 15.3. The van der Waals surface area contributed by atoms with Crippen molar-refractivity contribution >= 4 is 29.2 Å². The lowest BCUT2D eigenvalue weighted by Gasteiger charge is -2.63. The zero-order chi connectivity index (χ0) is 30.9. The zero-order valence-electron chi connectivity index (χ0n) is 25.3. The van der Waals surface area contributed by atoms with E-state index in [1.165, 1.54) is 0 Å². The number of benzene rings is 1. The van der Waals surface area contributed by atoms with Crippen molar-refractivity contribution in [2.45, 2.75) is 58.8 Å². The van der Waals surface area contributed by atoms with E-state index in [2.05, 4.69) is 53.9 Å². The van der Waals surface area contributed by atoms with Crippen molar-refractivity contribution in [1.29, 1.82) is 5.26 Å². The number of amides is 2. The monoisotopic (exact) mass is 608 g/mol. The van der Waals surface area contributed by atoms with Crippen LogP contribution in [0.4, 0.5) is 5.82 Å². The van der Waals surface area contributed by atoms with Crippen LogP contribution in [0.15, 0.2) is 36.5 Å². The summed E-state index contributed by atoms with van der Waals surface area (Å²) in [5, 5.41) is 22.4. The minimum absolute atomic E-state index is 0.128. The van der Waals surface area contributed by atoms with Crippen LogP contribution in [0.5, 0.6) is 5.75 Å². The van der Waals surface area contributed by atoms with Crippen molar-refractivity contribution in [2.75, 3.05) is 50.7 Å². The van der Waals surface area contributed by atoms with Gasteiger partial charge in [0.25, 0.3) is 5.91 Å². The second-order valence-corrected chi connectivity index (χ2v) is 13.5. The van der Waals surface area contributed by atoms with Crippen LogP contribution in [0.2, 0.25) is 5.02 Å². The Bertz CT molecular complexity index is 1360. The number of nitriles is 1. The van der Waals surface area contributed by atoms with E-state index < -0.39 is 0 Å². The van der Waals surface area contributed by atoms with Crippen LogP contribution >= 0.6 is 11.6 Å². The second-order valence-electron chi connectivity index (χ2n) is 13.1. The van der Waals surface area contributed by atoms with Crippen LogP contribution in [0.1, 0.15) is 56.5 Å². The van der Waals surface area contributed by atoms with Crippen LogP contribution in [-0.2, 0) is 4.79 Å². The Balaban J connectivity index is 1.13. The van der Waals surface area contributed by atoms with Crippen LogP contribution in [0.25, 0.3) is 0 Å². The smallest absolute Gasteiger partial charge is 0.253 e. The molecule has 3 aliphatic rings. The fourth-order valence-corrected chi connectivity index (χ4v) is 7.27. The fourth-order valence-electron chi connectivity index (χ4n) is 7.06. The Kier molecular flexibility index (Phi) is 8.89. The maximum Gasteiger partial charge on any atom is 0.253 e. The largest absolute Gasteiger partial charge is 0.489 e. The summed E-state index contributed by atoms with van der Waals surface area (Å²) in [6.07, 6.45) is 2.45. The van der Waals surface area contributed by atoms with Gasteiger partial charge in [0.2, 0.25) is 5.91 Å². The van der Waals surface area contributed by atoms with E-state index in [9.17, 15) is 14.7 Å². The molecule has 230 valence electrons. The number of ether oxygens (including phenoxy) is 1. The first kappa shape index (κ1) is 31.0. The number of pyridine rings is 1. The summed E-state index contributed by atoms with van der Waals surface area (Å²) < 4.78 is 6.33. The topological polar surface area (TPSA) is 122 Å². The number of hydrogen-bond donors (Lipinski definition) is 2. The van der Waals surface area contributed by atoms with Crippen molar-refractivity contribution in [3.05, 3.63) is 52.7 Å². The summed E-state index contributed by atoms with van der Waals surface area (Å²) >= 11 is 6.21. The Labute approximate surface area is 258 Å². The predicted molar refractivity (Wildman–Crippen MR) is 164 cm³/mol. The Morgan fingerprint density at radius 2 is 1.74 bits per heavy atom. The van der Waals surface area contributed by atoms with E-state index in [1.807, 2.05) is 17.0 Å². The van der Waals surface area contributed by atoms with Gasteiger partial charge < -0.3 is 25.0 Å². The number of halogens is 1. The van der Waals surface area contributed by atoms with E-state index in [0.29, 0.717) is 54.4 Å². The lowest BCUT2D eigenvalue weighted by atomic mass is 9.49. The van der Waals surface area contributed by atoms with E-state index in [4.69, 9.17) is 21.6 Å². The Morgan fingerprint density at radius 1 is 1.07 bits per heavy atom. The maximum atomic E-state index is 13.3. The molecule has 2 N–H and O–H groups in total. The summed E-state index contributed by atoms with van der Waals surface area (Å²) in [4.78, 5) is 36.7. The molecule has 0 spiro atoms. The van der Waals surface area contributed by atoms with Gasteiger partial charge in [-0.3, -0.25) is 14.5 Å². The molecular formula is C32H41ClN6O4. The molecule has 0 atom stereocenters. The molecule has 1 aliphatic carbocycles. The molecule has 2 aliphatic heterocycles. The number of nitrogens with one attached hydrogen (secondary N) is 1. The molecule has 0 radical (unpaired) electrons.